The topological polar surface area (TPSA) is 26.3 Å². The molecule has 1 heterocycles. The van der Waals surface area contributed by atoms with E-state index in [1.165, 1.54) is 68.9 Å². The van der Waals surface area contributed by atoms with Gasteiger partial charge < -0.3 is 9.22 Å². The molecular weight excluding hydrogens is 250 g/mol. The number of hydrogen-bond donors (Lipinski definition) is 0. The van der Waals surface area contributed by atoms with Crippen molar-refractivity contribution in [1.82, 2.24) is 0 Å². The van der Waals surface area contributed by atoms with Gasteiger partial charge in [-0.2, -0.15) is 0 Å². The van der Waals surface area contributed by atoms with Crippen LogP contribution in [0.1, 0.15) is 58.3 Å². The summed E-state index contributed by atoms with van der Waals surface area (Å²) in [6, 6.07) is 0.733. The van der Waals surface area contributed by atoms with Gasteiger partial charge >= 0.3 is 5.97 Å². The predicted molar refractivity (Wildman–Crippen MR) is 79.2 cm³/mol. The molecule has 0 aromatic rings. The van der Waals surface area contributed by atoms with Crippen LogP contribution in [0.15, 0.2) is 0 Å². The molecule has 0 aromatic carbocycles. The molecule has 4 atom stereocenters. The van der Waals surface area contributed by atoms with Crippen molar-refractivity contribution < 1.29 is 14.0 Å². The molecule has 0 amide bonds. The minimum absolute atomic E-state index is 0.0751. The zero-order chi connectivity index (χ0) is 14.2. The van der Waals surface area contributed by atoms with Gasteiger partial charge in [0, 0.05) is 19.3 Å². The first-order valence-corrected chi connectivity index (χ1v) is 8.61. The summed E-state index contributed by atoms with van der Waals surface area (Å²) in [6.45, 7) is 4.24. The maximum atomic E-state index is 11.5. The fraction of sp³-hybridized carbons (Fsp3) is 0.941. The van der Waals surface area contributed by atoms with Crippen molar-refractivity contribution in [3.8, 4) is 0 Å². The Balaban J connectivity index is 1.79. The van der Waals surface area contributed by atoms with Gasteiger partial charge in [-0.3, -0.25) is 4.79 Å². The average Bonchev–Trinajstić information content (AvgIpc) is 2.38. The van der Waals surface area contributed by atoms with Crippen molar-refractivity contribution in [2.45, 2.75) is 70.4 Å². The van der Waals surface area contributed by atoms with Crippen LogP contribution < -0.4 is 0 Å². The lowest BCUT2D eigenvalue weighted by Gasteiger charge is -2.54. The molecule has 0 aromatic heterocycles. The van der Waals surface area contributed by atoms with Crippen LogP contribution in [0.25, 0.3) is 0 Å². The maximum absolute atomic E-state index is 11.5. The summed E-state index contributed by atoms with van der Waals surface area (Å²) < 4.78 is 7.02. The van der Waals surface area contributed by atoms with Crippen LogP contribution in [0, 0.1) is 11.8 Å². The van der Waals surface area contributed by atoms with Gasteiger partial charge in [-0.15, -0.1) is 0 Å². The minimum atomic E-state index is -0.0751. The van der Waals surface area contributed by atoms with Crippen LogP contribution in [0.4, 0.5) is 0 Å². The smallest absolute Gasteiger partial charge is 0.302 e. The van der Waals surface area contributed by atoms with Crippen LogP contribution in [0.5, 0.6) is 0 Å². The van der Waals surface area contributed by atoms with Crippen LogP contribution in [-0.2, 0) is 9.53 Å². The zero-order valence-electron chi connectivity index (χ0n) is 13.1. The number of nitrogens with zero attached hydrogens (tertiary/aromatic N) is 1. The molecule has 2 aliphatic carbocycles. The number of fused-ring (bicyclic) bond motifs is 2. The van der Waals surface area contributed by atoms with E-state index >= 15 is 0 Å². The number of carbonyl (C=O) groups excluding carboxylic acids is 1. The Hall–Kier alpha value is -0.570. The van der Waals surface area contributed by atoms with Gasteiger partial charge in [0.25, 0.3) is 0 Å². The van der Waals surface area contributed by atoms with E-state index < -0.39 is 0 Å². The Morgan fingerprint density at radius 2 is 1.75 bits per heavy atom. The molecule has 2 bridgehead atoms. The second-order valence-corrected chi connectivity index (χ2v) is 7.56. The van der Waals surface area contributed by atoms with E-state index in [2.05, 4.69) is 7.05 Å². The van der Waals surface area contributed by atoms with Gasteiger partial charge in [0.2, 0.25) is 0 Å². The summed E-state index contributed by atoms with van der Waals surface area (Å²) in [6.07, 6.45) is 10.9. The number of quaternary nitrogens is 1. The molecule has 20 heavy (non-hydrogen) atoms. The molecule has 0 N–H and O–H groups in total. The molecule has 0 radical (unpaired) electrons. The Labute approximate surface area is 123 Å². The Kier molecular flexibility index (Phi) is 4.07. The highest BCUT2D eigenvalue weighted by molar-refractivity contribution is 5.66. The molecule has 3 heteroatoms. The highest BCUT2D eigenvalue weighted by Crippen LogP contribution is 2.46. The predicted octanol–water partition coefficient (Wildman–Crippen LogP) is 3.13. The molecule has 114 valence electrons. The molecule has 2 saturated carbocycles. The largest absolute Gasteiger partial charge is 0.462 e. The number of esters is 1. The summed E-state index contributed by atoms with van der Waals surface area (Å²) in [4.78, 5) is 11.5. The maximum Gasteiger partial charge on any atom is 0.302 e. The van der Waals surface area contributed by atoms with Gasteiger partial charge in [-0.1, -0.05) is 6.42 Å². The van der Waals surface area contributed by atoms with Crippen molar-refractivity contribution in [1.29, 1.82) is 0 Å². The van der Waals surface area contributed by atoms with Crippen LogP contribution in [-0.4, -0.2) is 42.7 Å². The third-order valence-corrected chi connectivity index (χ3v) is 6.27. The van der Waals surface area contributed by atoms with Crippen molar-refractivity contribution >= 4 is 5.97 Å². The monoisotopic (exact) mass is 280 g/mol. The summed E-state index contributed by atoms with van der Waals surface area (Å²) in [7, 11) is 2.46. The van der Waals surface area contributed by atoms with Gasteiger partial charge in [0.1, 0.15) is 6.10 Å². The van der Waals surface area contributed by atoms with E-state index in [0.717, 1.165) is 6.04 Å². The van der Waals surface area contributed by atoms with E-state index in [1.54, 1.807) is 6.92 Å². The van der Waals surface area contributed by atoms with Crippen LogP contribution in [0.3, 0.4) is 0 Å². The average molecular weight is 280 g/mol. The lowest BCUT2D eigenvalue weighted by atomic mass is 9.66. The molecule has 3 unspecified atom stereocenters. The first-order valence-electron chi connectivity index (χ1n) is 8.61. The Bertz CT molecular complexity index is 362. The van der Waals surface area contributed by atoms with Gasteiger partial charge in [-0.25, -0.2) is 0 Å². The van der Waals surface area contributed by atoms with E-state index in [0.29, 0.717) is 11.8 Å². The van der Waals surface area contributed by atoms with Gasteiger partial charge in [0.05, 0.1) is 26.2 Å². The summed E-state index contributed by atoms with van der Waals surface area (Å²) in [5, 5.41) is 0. The lowest BCUT2D eigenvalue weighted by Crippen LogP contribution is -2.63. The van der Waals surface area contributed by atoms with E-state index in [-0.39, 0.29) is 12.1 Å². The number of carbonyl (C=O) groups is 1. The fourth-order valence-corrected chi connectivity index (χ4v) is 5.33. The normalized spacial score (nSPS) is 40.1. The number of rotatable bonds is 2. The van der Waals surface area contributed by atoms with E-state index in [4.69, 9.17) is 4.74 Å². The standard InChI is InChI=1S/C17H30NO2/c1-13(19)20-17-14-7-6-8-15(17)16(10-9-14)18(2)11-4-3-5-12-18/h14-17H,3-12H2,1-2H3/q+1/t14?,15?,16?,17-/m0/s1. The lowest BCUT2D eigenvalue weighted by molar-refractivity contribution is -0.943. The Morgan fingerprint density at radius 3 is 2.45 bits per heavy atom. The van der Waals surface area contributed by atoms with Crippen molar-refractivity contribution in [3.63, 3.8) is 0 Å². The number of hydrogen-bond acceptors (Lipinski definition) is 2. The third kappa shape index (κ3) is 2.61. The van der Waals surface area contributed by atoms with Crippen molar-refractivity contribution in [3.05, 3.63) is 0 Å². The second kappa shape index (κ2) is 5.67. The molecule has 0 spiro atoms. The SMILES string of the molecule is CC(=O)O[C@H]1C2CCCC1C([N+]1(C)CCCCC1)CC2. The number of ether oxygens (including phenoxy) is 1. The van der Waals surface area contributed by atoms with Gasteiger partial charge in [0.15, 0.2) is 0 Å². The molecule has 3 nitrogen and oxygen atoms in total. The molecular formula is C17H30NO2+. The summed E-state index contributed by atoms with van der Waals surface area (Å²) >= 11 is 0. The Morgan fingerprint density at radius 1 is 1.00 bits per heavy atom. The van der Waals surface area contributed by atoms with Gasteiger partial charge in [-0.05, 0) is 44.4 Å². The van der Waals surface area contributed by atoms with Crippen molar-refractivity contribution in [2.75, 3.05) is 20.1 Å². The molecule has 1 aliphatic heterocycles. The van der Waals surface area contributed by atoms with Crippen LogP contribution in [0.2, 0.25) is 0 Å². The van der Waals surface area contributed by atoms with Crippen LogP contribution >= 0.6 is 0 Å². The molecule has 3 aliphatic rings. The molecule has 3 fully saturated rings. The first kappa shape index (κ1) is 14.4. The third-order valence-electron chi connectivity index (χ3n) is 6.27. The number of piperidine rings is 1. The first-order chi connectivity index (χ1) is 9.60. The minimum Gasteiger partial charge on any atom is -0.462 e. The summed E-state index contributed by atoms with van der Waals surface area (Å²) in [5.74, 6) is 1.19. The highest BCUT2D eigenvalue weighted by Gasteiger charge is 2.50. The second-order valence-electron chi connectivity index (χ2n) is 7.56. The fourth-order valence-electron chi connectivity index (χ4n) is 5.33. The summed E-state index contributed by atoms with van der Waals surface area (Å²) in [5.41, 5.74) is 0. The van der Waals surface area contributed by atoms with Crippen molar-refractivity contribution in [2.24, 2.45) is 11.8 Å². The quantitative estimate of drug-likeness (QED) is 0.574. The van der Waals surface area contributed by atoms with E-state index in [9.17, 15) is 4.79 Å². The highest BCUT2D eigenvalue weighted by atomic mass is 16.5. The zero-order valence-corrected chi connectivity index (χ0v) is 13.1. The molecule has 3 rings (SSSR count). The number of likely N-dealkylation sites (tertiary alicyclic amines) is 1. The molecule has 1 saturated heterocycles. The van der Waals surface area contributed by atoms with E-state index in [1.807, 2.05) is 0 Å².